The second kappa shape index (κ2) is 5.62. The van der Waals surface area contributed by atoms with Crippen LogP contribution in [0.3, 0.4) is 0 Å². The third-order valence-electron chi connectivity index (χ3n) is 3.51. The fourth-order valence-electron chi connectivity index (χ4n) is 2.27. The average Bonchev–Trinajstić information content (AvgIpc) is 2.59. The first-order valence-corrected chi connectivity index (χ1v) is 6.39. The summed E-state index contributed by atoms with van der Waals surface area (Å²) in [6.07, 6.45) is -6.13. The third-order valence-corrected chi connectivity index (χ3v) is 3.51. The van der Waals surface area contributed by atoms with Crippen LogP contribution < -0.4 is 5.56 Å². The number of nitrogens with one attached hydrogen (secondary N) is 1. The molecule has 1 aromatic heterocycles. The van der Waals surface area contributed by atoms with Crippen molar-refractivity contribution in [3.05, 3.63) is 22.1 Å². The number of hydrogen-bond acceptors (Lipinski definition) is 12. The monoisotopic (exact) mass is 352 g/mol. The molecule has 13 nitrogen and oxygen atoms in total. The van der Waals surface area contributed by atoms with Crippen molar-refractivity contribution in [1.29, 1.82) is 0 Å². The molecular weight excluding hydrogens is 336 g/mol. The van der Waals surface area contributed by atoms with Crippen LogP contribution in [0.25, 0.3) is 0 Å². The summed E-state index contributed by atoms with van der Waals surface area (Å²) in [5.74, 6) is -8.63. The summed E-state index contributed by atoms with van der Waals surface area (Å²) >= 11 is 0. The van der Waals surface area contributed by atoms with Gasteiger partial charge in [-0.25, -0.2) is 0 Å². The molecule has 1 aliphatic rings. The molecule has 2 heterocycles. The smallest absolute Gasteiger partial charge is 0.352 e. The van der Waals surface area contributed by atoms with Crippen LogP contribution in [0.1, 0.15) is 12.0 Å². The van der Waals surface area contributed by atoms with Crippen LogP contribution >= 0.6 is 0 Å². The first-order chi connectivity index (χ1) is 10.8. The van der Waals surface area contributed by atoms with E-state index in [4.69, 9.17) is 20.1 Å². The predicted octanol–water partition coefficient (Wildman–Crippen LogP) is -4.76. The van der Waals surface area contributed by atoms with E-state index in [1.807, 2.05) is 0 Å². The Morgan fingerprint density at radius 2 is 1.83 bits per heavy atom. The fourth-order valence-corrected chi connectivity index (χ4v) is 2.27. The SMILES string of the molecule is O=c1[nH]cc(O)c(O)c1COC1CC(O)(O)C(O)(O)N1C(O)(O)O. The number of ether oxygens (including phenoxy) is 1. The lowest BCUT2D eigenvalue weighted by molar-refractivity contribution is -0.497. The van der Waals surface area contributed by atoms with Crippen molar-refractivity contribution >= 4 is 0 Å². The summed E-state index contributed by atoms with van der Waals surface area (Å²) in [5.41, 5.74) is -1.42. The van der Waals surface area contributed by atoms with E-state index in [1.54, 1.807) is 0 Å². The van der Waals surface area contributed by atoms with E-state index < -0.39 is 64.6 Å². The van der Waals surface area contributed by atoms with Crippen LogP contribution in [-0.4, -0.2) is 79.9 Å². The molecule has 1 unspecified atom stereocenters. The minimum atomic E-state index is -3.94. The first-order valence-electron chi connectivity index (χ1n) is 6.39. The average molecular weight is 352 g/mol. The molecule has 0 bridgehead atoms. The van der Waals surface area contributed by atoms with Crippen LogP contribution in [0.2, 0.25) is 0 Å². The topological polar surface area (TPSA) is 227 Å². The van der Waals surface area contributed by atoms with Gasteiger partial charge in [0.25, 0.3) is 11.5 Å². The quantitative estimate of drug-likeness (QED) is 0.230. The number of aromatic hydroxyl groups is 2. The van der Waals surface area contributed by atoms with Crippen LogP contribution in [0.4, 0.5) is 0 Å². The molecule has 0 saturated carbocycles. The Bertz CT molecular complexity index is 678. The molecule has 0 spiro atoms. The van der Waals surface area contributed by atoms with E-state index in [0.29, 0.717) is 0 Å². The van der Waals surface area contributed by atoms with Gasteiger partial charge >= 0.3 is 6.10 Å². The third kappa shape index (κ3) is 2.95. The van der Waals surface area contributed by atoms with Gasteiger partial charge in [0.15, 0.2) is 11.5 Å². The Hall–Kier alpha value is -1.81. The van der Waals surface area contributed by atoms with Crippen molar-refractivity contribution in [3.63, 3.8) is 0 Å². The molecular formula is C11H16N2O11. The lowest BCUT2D eigenvalue weighted by Crippen LogP contribution is -2.66. The number of likely N-dealkylation sites (tertiary alicyclic amines) is 1. The fraction of sp³-hybridized carbons (Fsp3) is 0.545. The number of H-pyrrole nitrogens is 1. The van der Waals surface area contributed by atoms with Gasteiger partial charge in [-0.1, -0.05) is 0 Å². The molecule has 1 saturated heterocycles. The maximum absolute atomic E-state index is 11.6. The number of aliphatic hydroxyl groups is 7. The van der Waals surface area contributed by atoms with Gasteiger partial charge < -0.3 is 55.7 Å². The van der Waals surface area contributed by atoms with Crippen molar-refractivity contribution in [2.45, 2.75) is 37.1 Å². The highest BCUT2D eigenvalue weighted by Gasteiger charge is 2.67. The van der Waals surface area contributed by atoms with Crippen LogP contribution in [0.15, 0.2) is 11.0 Å². The zero-order chi connectivity index (χ0) is 18.5. The van der Waals surface area contributed by atoms with Crippen LogP contribution in [-0.2, 0) is 11.3 Å². The summed E-state index contributed by atoms with van der Waals surface area (Å²) in [6, 6.07) is 0. The number of aromatic amines is 1. The number of nitrogens with zero attached hydrogens (tertiary/aromatic N) is 1. The lowest BCUT2D eigenvalue weighted by atomic mass is 10.2. The van der Waals surface area contributed by atoms with Crippen molar-refractivity contribution in [2.24, 2.45) is 0 Å². The zero-order valence-corrected chi connectivity index (χ0v) is 11.9. The summed E-state index contributed by atoms with van der Waals surface area (Å²) in [5, 5.41) is 84.6. The normalized spacial score (nSPS) is 23.5. The Morgan fingerprint density at radius 1 is 1.25 bits per heavy atom. The predicted molar refractivity (Wildman–Crippen MR) is 69.1 cm³/mol. The summed E-state index contributed by atoms with van der Waals surface area (Å²) < 4.78 is 4.93. The van der Waals surface area contributed by atoms with Gasteiger partial charge in [0.1, 0.15) is 6.23 Å². The van der Waals surface area contributed by atoms with Crippen molar-refractivity contribution < 1.29 is 50.7 Å². The first kappa shape index (κ1) is 18.5. The minimum absolute atomic E-state index is 0.395. The van der Waals surface area contributed by atoms with Gasteiger partial charge in [-0.15, -0.1) is 4.90 Å². The largest absolute Gasteiger partial charge is 0.504 e. The van der Waals surface area contributed by atoms with E-state index in [9.17, 15) is 35.4 Å². The molecule has 136 valence electrons. The van der Waals surface area contributed by atoms with Gasteiger partial charge in [-0.3, -0.25) is 4.79 Å². The molecule has 1 atom stereocenters. The molecule has 1 aromatic rings. The summed E-state index contributed by atoms with van der Waals surface area (Å²) in [6.45, 7) is -0.834. The van der Waals surface area contributed by atoms with Gasteiger partial charge in [0.2, 0.25) is 5.79 Å². The Labute approximate surface area is 132 Å². The van der Waals surface area contributed by atoms with E-state index in [-0.39, 0.29) is 0 Å². The van der Waals surface area contributed by atoms with Gasteiger partial charge in [-0.05, 0) is 0 Å². The lowest BCUT2D eigenvalue weighted by Gasteiger charge is -2.39. The zero-order valence-electron chi connectivity index (χ0n) is 11.9. The van der Waals surface area contributed by atoms with Crippen molar-refractivity contribution in [2.75, 3.05) is 0 Å². The van der Waals surface area contributed by atoms with Gasteiger partial charge in [-0.2, -0.15) is 0 Å². The van der Waals surface area contributed by atoms with E-state index >= 15 is 0 Å². The molecule has 13 heteroatoms. The number of rotatable bonds is 4. The highest BCUT2D eigenvalue weighted by atomic mass is 16.7. The van der Waals surface area contributed by atoms with Crippen LogP contribution in [0, 0.1) is 0 Å². The molecule has 2 rings (SSSR count). The molecule has 0 radical (unpaired) electrons. The molecule has 1 aliphatic heterocycles. The van der Waals surface area contributed by atoms with Crippen molar-refractivity contribution in [3.8, 4) is 11.5 Å². The second-order valence-corrected chi connectivity index (χ2v) is 5.22. The van der Waals surface area contributed by atoms with E-state index in [0.717, 1.165) is 6.20 Å². The molecule has 1 fully saturated rings. The maximum atomic E-state index is 11.6. The highest BCUT2D eigenvalue weighted by Crippen LogP contribution is 2.41. The molecule has 0 aromatic carbocycles. The highest BCUT2D eigenvalue weighted by molar-refractivity contribution is 5.40. The minimum Gasteiger partial charge on any atom is -0.504 e. The Kier molecular flexibility index (Phi) is 4.34. The Balaban J connectivity index is 2.30. The molecule has 0 amide bonds. The van der Waals surface area contributed by atoms with E-state index in [1.165, 1.54) is 0 Å². The van der Waals surface area contributed by atoms with Gasteiger partial charge in [0.05, 0.1) is 12.2 Å². The standard InChI is InChI=1S/C11H16N2O11/c14-5-2-12-8(16)4(7(5)15)3-24-6-1-9(17,18)10(19,20)13(6)11(21,22)23/h2,6,14,17-23H,1,3H2,(H2,12,15,16). The molecule has 24 heavy (non-hydrogen) atoms. The maximum Gasteiger partial charge on any atom is 0.352 e. The van der Waals surface area contributed by atoms with Gasteiger partial charge in [0, 0.05) is 12.6 Å². The van der Waals surface area contributed by atoms with Crippen molar-refractivity contribution in [1.82, 2.24) is 9.88 Å². The second-order valence-electron chi connectivity index (χ2n) is 5.22. The Morgan fingerprint density at radius 3 is 2.38 bits per heavy atom. The number of aromatic nitrogens is 1. The van der Waals surface area contributed by atoms with E-state index in [2.05, 4.69) is 4.98 Å². The summed E-state index contributed by atoms with van der Waals surface area (Å²) in [4.78, 5) is 13.2. The van der Waals surface area contributed by atoms with Crippen LogP contribution in [0.5, 0.6) is 11.5 Å². The number of pyridine rings is 1. The molecule has 10 N–H and O–H groups in total. The molecule has 0 aliphatic carbocycles. The number of hydrogen-bond donors (Lipinski definition) is 10. The summed E-state index contributed by atoms with van der Waals surface area (Å²) in [7, 11) is 0.